The topological polar surface area (TPSA) is 47.1 Å². The van der Waals surface area contributed by atoms with Gasteiger partial charge in [-0.15, -0.1) is 0 Å². The van der Waals surface area contributed by atoms with Crippen molar-refractivity contribution in [2.45, 2.75) is 0 Å². The summed E-state index contributed by atoms with van der Waals surface area (Å²) in [4.78, 5) is 0. The molecule has 4 heavy (non-hydrogen) atoms. The second-order valence-corrected chi connectivity index (χ2v) is 0. The molecule has 0 spiro atoms. The summed E-state index contributed by atoms with van der Waals surface area (Å²) in [5.74, 6) is 0. The van der Waals surface area contributed by atoms with Gasteiger partial charge in [-0.2, -0.15) is 0 Å². The molecule has 1 N–H and O–H groups in total. The quantitative estimate of drug-likeness (QED) is 0.346. The first-order valence-corrected chi connectivity index (χ1v) is 0.854. The Kier molecular flexibility index (Phi) is 119. The van der Waals surface area contributed by atoms with E-state index in [9.17, 15) is 0 Å². The molecule has 0 aliphatic heterocycles. The van der Waals surface area contributed by atoms with Crippen molar-refractivity contribution in [2.24, 2.45) is 0 Å². The summed E-state index contributed by atoms with van der Waals surface area (Å²) in [6, 6.07) is 0. The summed E-state index contributed by atoms with van der Waals surface area (Å²) < 4.78 is 8.18. The Morgan fingerprint density at radius 2 is 1.25 bits per heavy atom. The fraction of sp³-hybridized carbons (Fsp3) is 0. The van der Waals surface area contributed by atoms with Crippen molar-refractivity contribution >= 4 is 0 Å². The second kappa shape index (κ2) is 26.2. The molecule has 0 fully saturated rings. The standard InChI is InChI=1S/Na.H2O.O.Ru/h;1H2;;/q+1;;;/p-1. The zero-order valence-corrected chi connectivity index (χ0v) is 5.95. The molecule has 22 valence electrons. The summed E-state index contributed by atoms with van der Waals surface area (Å²) in [6.07, 6.45) is 0. The Hall–Kier alpha value is 1.38. The van der Waals surface area contributed by atoms with E-state index in [0.717, 1.165) is 18.3 Å². The summed E-state index contributed by atoms with van der Waals surface area (Å²) in [5, 5.41) is 0. The molecule has 0 aromatic carbocycles. The zero-order valence-electron chi connectivity index (χ0n) is 2.21. The van der Waals surface area contributed by atoms with Crippen LogP contribution in [0.4, 0.5) is 0 Å². The Balaban J connectivity index is -0.00000000500. The van der Waals surface area contributed by atoms with Gasteiger partial charge in [0.2, 0.25) is 0 Å². The molecule has 0 saturated carbocycles. The number of rotatable bonds is 0. The van der Waals surface area contributed by atoms with Crippen LogP contribution in [-0.2, 0) is 21.8 Å². The van der Waals surface area contributed by atoms with Crippen LogP contribution in [0, 0.1) is 0 Å². The van der Waals surface area contributed by atoms with Gasteiger partial charge in [0, 0.05) is 0 Å². The predicted octanol–water partition coefficient (Wildman–Crippen LogP) is -3.29. The molecule has 0 amide bonds. The molecule has 0 bridgehead atoms. The molecule has 0 radical (unpaired) electrons. The fourth-order valence-electron chi connectivity index (χ4n) is 0. The van der Waals surface area contributed by atoms with Crippen LogP contribution >= 0.6 is 0 Å². The second-order valence-electron chi connectivity index (χ2n) is 0. The Bertz CT molecular complexity index is 6.00. The monoisotopic (exact) mass is 158 g/mol. The third-order valence-corrected chi connectivity index (χ3v) is 0. The van der Waals surface area contributed by atoms with Crippen LogP contribution in [-0.4, -0.2) is 5.48 Å². The van der Waals surface area contributed by atoms with Crippen LogP contribution in [0.15, 0.2) is 0 Å². The van der Waals surface area contributed by atoms with Crippen molar-refractivity contribution in [3.63, 3.8) is 0 Å². The molecular formula is HNaO2Ru. The van der Waals surface area contributed by atoms with Crippen LogP contribution in [0.2, 0.25) is 0 Å². The fourth-order valence-corrected chi connectivity index (χ4v) is 0. The molecule has 0 saturated heterocycles. The van der Waals surface area contributed by atoms with Crippen molar-refractivity contribution in [1.82, 2.24) is 0 Å². The summed E-state index contributed by atoms with van der Waals surface area (Å²) in [5.41, 5.74) is 0. The van der Waals surface area contributed by atoms with E-state index < -0.39 is 0 Å². The predicted molar refractivity (Wildman–Crippen MR) is 2.62 cm³/mol. The molecule has 0 atom stereocenters. The maximum atomic E-state index is 8.18. The van der Waals surface area contributed by atoms with Crippen molar-refractivity contribution < 1.29 is 56.9 Å². The molecule has 0 aromatic rings. The van der Waals surface area contributed by atoms with E-state index in [4.69, 9.17) is 3.57 Å². The number of hydrogen-bond acceptors (Lipinski definition) is 2. The molecule has 0 heterocycles. The Morgan fingerprint density at radius 1 is 1.25 bits per heavy atom. The molecule has 0 unspecified atom stereocenters. The first kappa shape index (κ1) is 18.2. The van der Waals surface area contributed by atoms with Gasteiger partial charge >= 0.3 is 51.4 Å². The average molecular weight is 157 g/mol. The third kappa shape index (κ3) is 10.0. The van der Waals surface area contributed by atoms with Gasteiger partial charge in [0.25, 0.3) is 0 Å². The molecule has 2 nitrogen and oxygen atoms in total. The molecule has 0 aliphatic carbocycles. The zero-order chi connectivity index (χ0) is 2.00. The van der Waals surface area contributed by atoms with E-state index >= 15 is 0 Å². The third-order valence-electron chi connectivity index (χ3n) is 0. The van der Waals surface area contributed by atoms with Gasteiger partial charge in [-0.05, 0) is 0 Å². The molecule has 0 rings (SSSR count). The minimum absolute atomic E-state index is 0. The first-order valence-electron chi connectivity index (χ1n) is 0.144. The van der Waals surface area contributed by atoms with Crippen molar-refractivity contribution in [3.05, 3.63) is 0 Å². The first-order chi connectivity index (χ1) is 1.00. The van der Waals surface area contributed by atoms with Gasteiger partial charge in [0.15, 0.2) is 0 Å². The van der Waals surface area contributed by atoms with Gasteiger partial charge in [-0.25, -0.2) is 0 Å². The van der Waals surface area contributed by atoms with Crippen LogP contribution in [0.1, 0.15) is 0 Å². The van der Waals surface area contributed by atoms with Crippen LogP contribution in [0.25, 0.3) is 0 Å². The summed E-state index contributed by atoms with van der Waals surface area (Å²) in [7, 11) is 0. The van der Waals surface area contributed by atoms with E-state index in [0.29, 0.717) is 0 Å². The Morgan fingerprint density at radius 3 is 1.25 bits per heavy atom. The van der Waals surface area contributed by atoms with E-state index in [1.165, 1.54) is 0 Å². The van der Waals surface area contributed by atoms with E-state index in [-0.39, 0.29) is 35.0 Å². The van der Waals surface area contributed by atoms with E-state index in [1.807, 2.05) is 0 Å². The van der Waals surface area contributed by atoms with E-state index in [2.05, 4.69) is 0 Å². The van der Waals surface area contributed by atoms with Gasteiger partial charge in [-0.1, -0.05) is 0 Å². The van der Waals surface area contributed by atoms with Crippen molar-refractivity contribution in [2.75, 3.05) is 0 Å². The average Bonchev–Trinajstić information content (AvgIpc) is 1.00. The van der Waals surface area contributed by atoms with Gasteiger partial charge in [0.05, 0.1) is 0 Å². The van der Waals surface area contributed by atoms with Crippen LogP contribution in [0.5, 0.6) is 0 Å². The summed E-state index contributed by atoms with van der Waals surface area (Å²) >= 11 is 1.10. The normalized spacial score (nSPS) is 1.25. The van der Waals surface area contributed by atoms with Gasteiger partial charge in [0.1, 0.15) is 0 Å². The summed E-state index contributed by atoms with van der Waals surface area (Å²) in [6.45, 7) is 0. The van der Waals surface area contributed by atoms with Crippen LogP contribution in [0.3, 0.4) is 0 Å². The maximum absolute atomic E-state index is 8.18. The molecule has 0 aromatic heterocycles. The Labute approximate surface area is 56.5 Å². The number of hydrogen-bond donors (Lipinski definition) is 0. The SMILES string of the molecule is [Na+].[OH-].[O]=[Ru]. The van der Waals surface area contributed by atoms with Gasteiger partial charge < -0.3 is 5.48 Å². The van der Waals surface area contributed by atoms with E-state index in [1.54, 1.807) is 0 Å². The van der Waals surface area contributed by atoms with Gasteiger partial charge in [-0.3, -0.25) is 0 Å². The molecule has 4 heteroatoms. The van der Waals surface area contributed by atoms with Crippen molar-refractivity contribution in [3.8, 4) is 0 Å². The molecular weight excluding hydrogens is 156 g/mol. The van der Waals surface area contributed by atoms with Crippen molar-refractivity contribution in [1.29, 1.82) is 0 Å². The van der Waals surface area contributed by atoms with Crippen LogP contribution < -0.4 is 29.6 Å². The minimum atomic E-state index is 0. The molecule has 0 aliphatic rings.